The Balaban J connectivity index is 1.46. The van der Waals surface area contributed by atoms with Crippen molar-refractivity contribution in [1.82, 2.24) is 15.1 Å². The summed E-state index contributed by atoms with van der Waals surface area (Å²) in [5.41, 5.74) is 0. The molecule has 2 atom stereocenters. The first-order valence-electron chi connectivity index (χ1n) is 8.63. The van der Waals surface area contributed by atoms with Crippen LogP contribution < -0.4 is 5.32 Å². The Labute approximate surface area is 131 Å². The van der Waals surface area contributed by atoms with Gasteiger partial charge in [-0.05, 0) is 51.5 Å². The van der Waals surface area contributed by atoms with Crippen molar-refractivity contribution in [3.8, 4) is 0 Å². The van der Waals surface area contributed by atoms with Gasteiger partial charge in [-0.25, -0.2) is 4.79 Å². The number of piperidine rings is 1. The molecular formula is C16H27N3O3. The number of carbonyl (C=O) groups excluding carboxylic acids is 1. The van der Waals surface area contributed by atoms with Crippen LogP contribution in [-0.2, 0) is 4.79 Å². The lowest BCUT2D eigenvalue weighted by Crippen LogP contribution is -2.58. The zero-order valence-corrected chi connectivity index (χ0v) is 13.3. The highest BCUT2D eigenvalue weighted by Crippen LogP contribution is 2.36. The molecule has 2 heterocycles. The molecule has 0 aromatic rings. The van der Waals surface area contributed by atoms with Crippen molar-refractivity contribution in [3.63, 3.8) is 0 Å². The van der Waals surface area contributed by atoms with Crippen molar-refractivity contribution in [2.75, 3.05) is 13.1 Å². The van der Waals surface area contributed by atoms with Gasteiger partial charge in [-0.15, -0.1) is 0 Å². The molecule has 2 saturated heterocycles. The Hall–Kier alpha value is -1.30. The standard InChI is InChI=1S/C16H27N3O3/c1-2-18(10-15(20)21)14-8-11(9-14)17-16(22)19-12-4-3-5-13(19)7-6-12/h11-14H,2-10H2,1H3,(H,17,22)(H,20,21). The lowest BCUT2D eigenvalue weighted by Gasteiger charge is -2.44. The van der Waals surface area contributed by atoms with Gasteiger partial charge in [0.15, 0.2) is 0 Å². The number of nitrogens with one attached hydrogen (secondary N) is 1. The lowest BCUT2D eigenvalue weighted by atomic mass is 9.85. The second-order valence-electron chi connectivity index (χ2n) is 6.95. The summed E-state index contributed by atoms with van der Waals surface area (Å²) in [6.45, 7) is 2.83. The molecule has 0 aromatic heterocycles. The van der Waals surface area contributed by atoms with Gasteiger partial charge in [-0.2, -0.15) is 0 Å². The number of rotatable bonds is 5. The fraction of sp³-hybridized carbons (Fsp3) is 0.875. The third-order valence-electron chi connectivity index (χ3n) is 5.63. The van der Waals surface area contributed by atoms with Crippen LogP contribution in [0.4, 0.5) is 4.79 Å². The second kappa shape index (κ2) is 6.44. The summed E-state index contributed by atoms with van der Waals surface area (Å²) in [5, 5.41) is 12.1. The molecule has 0 radical (unpaired) electrons. The molecule has 0 aromatic carbocycles. The molecule has 6 nitrogen and oxygen atoms in total. The van der Waals surface area contributed by atoms with Crippen LogP contribution in [0, 0.1) is 0 Å². The fourth-order valence-corrected chi connectivity index (χ4v) is 4.37. The highest BCUT2D eigenvalue weighted by atomic mass is 16.4. The Kier molecular flexibility index (Phi) is 4.57. The molecule has 1 aliphatic carbocycles. The van der Waals surface area contributed by atoms with Crippen LogP contribution in [0.15, 0.2) is 0 Å². The van der Waals surface area contributed by atoms with Crippen molar-refractivity contribution in [2.45, 2.75) is 76.0 Å². The zero-order chi connectivity index (χ0) is 15.7. The van der Waals surface area contributed by atoms with E-state index < -0.39 is 5.97 Å². The van der Waals surface area contributed by atoms with E-state index in [9.17, 15) is 9.59 Å². The molecule has 3 rings (SSSR count). The molecule has 2 bridgehead atoms. The van der Waals surface area contributed by atoms with E-state index in [4.69, 9.17) is 5.11 Å². The van der Waals surface area contributed by atoms with Gasteiger partial charge in [0.1, 0.15) is 0 Å². The SMILES string of the molecule is CCN(CC(=O)O)C1CC(NC(=O)N2C3CCCC2CC3)C1. The van der Waals surface area contributed by atoms with Gasteiger partial charge in [0.2, 0.25) is 0 Å². The van der Waals surface area contributed by atoms with Crippen molar-refractivity contribution in [1.29, 1.82) is 0 Å². The summed E-state index contributed by atoms with van der Waals surface area (Å²) in [5.74, 6) is -0.778. The molecule has 0 spiro atoms. The van der Waals surface area contributed by atoms with Gasteiger partial charge in [0, 0.05) is 24.2 Å². The van der Waals surface area contributed by atoms with Crippen LogP contribution in [0.25, 0.3) is 0 Å². The monoisotopic (exact) mass is 309 g/mol. The van der Waals surface area contributed by atoms with Crippen LogP contribution >= 0.6 is 0 Å². The first-order valence-corrected chi connectivity index (χ1v) is 8.63. The molecule has 1 saturated carbocycles. The first-order chi connectivity index (χ1) is 10.6. The van der Waals surface area contributed by atoms with Crippen molar-refractivity contribution < 1.29 is 14.7 Å². The predicted molar refractivity (Wildman–Crippen MR) is 82.7 cm³/mol. The predicted octanol–water partition coefficient (Wildman–Crippen LogP) is 1.65. The summed E-state index contributed by atoms with van der Waals surface area (Å²) in [6, 6.07) is 1.52. The summed E-state index contributed by atoms with van der Waals surface area (Å²) in [4.78, 5) is 27.4. The number of aliphatic carboxylic acids is 1. The molecule has 2 amide bonds. The van der Waals surface area contributed by atoms with E-state index in [2.05, 4.69) is 10.2 Å². The average molecular weight is 309 g/mol. The highest BCUT2D eigenvalue weighted by molar-refractivity contribution is 5.76. The number of nitrogens with zero attached hydrogens (tertiary/aromatic N) is 2. The Bertz CT molecular complexity index is 420. The number of amides is 2. The van der Waals surface area contributed by atoms with Crippen molar-refractivity contribution in [3.05, 3.63) is 0 Å². The van der Waals surface area contributed by atoms with Gasteiger partial charge in [-0.1, -0.05) is 6.92 Å². The summed E-state index contributed by atoms with van der Waals surface area (Å²) in [7, 11) is 0. The molecule has 22 heavy (non-hydrogen) atoms. The van der Waals surface area contributed by atoms with E-state index in [0.717, 1.165) is 45.1 Å². The summed E-state index contributed by atoms with van der Waals surface area (Å²) in [6.07, 6.45) is 7.62. The smallest absolute Gasteiger partial charge is 0.318 e. The van der Waals surface area contributed by atoms with Crippen LogP contribution in [0.2, 0.25) is 0 Å². The molecule has 2 unspecified atom stereocenters. The number of hydrogen-bond donors (Lipinski definition) is 2. The molecule has 2 aliphatic heterocycles. The minimum absolute atomic E-state index is 0.0953. The molecule has 3 aliphatic rings. The molecule has 124 valence electrons. The number of fused-ring (bicyclic) bond motifs is 2. The number of carbonyl (C=O) groups is 2. The molecule has 3 fully saturated rings. The van der Waals surface area contributed by atoms with Crippen LogP contribution in [0.5, 0.6) is 0 Å². The van der Waals surface area contributed by atoms with E-state index in [-0.39, 0.29) is 18.6 Å². The lowest BCUT2D eigenvalue weighted by molar-refractivity contribution is -0.139. The normalized spacial score (nSPS) is 33.6. The van der Waals surface area contributed by atoms with Gasteiger partial charge < -0.3 is 15.3 Å². The highest BCUT2D eigenvalue weighted by Gasteiger charge is 2.41. The minimum atomic E-state index is -0.778. The minimum Gasteiger partial charge on any atom is -0.480 e. The first kappa shape index (κ1) is 15.6. The van der Waals surface area contributed by atoms with E-state index in [1.165, 1.54) is 6.42 Å². The molecular weight excluding hydrogens is 282 g/mol. The maximum atomic E-state index is 12.5. The van der Waals surface area contributed by atoms with Crippen molar-refractivity contribution in [2.24, 2.45) is 0 Å². The third kappa shape index (κ3) is 3.07. The summed E-state index contributed by atoms with van der Waals surface area (Å²) < 4.78 is 0. The number of carboxylic acids is 1. The van der Waals surface area contributed by atoms with Gasteiger partial charge in [-0.3, -0.25) is 9.69 Å². The van der Waals surface area contributed by atoms with Crippen LogP contribution in [0.1, 0.15) is 51.9 Å². The van der Waals surface area contributed by atoms with E-state index in [0.29, 0.717) is 18.1 Å². The number of hydrogen-bond acceptors (Lipinski definition) is 3. The third-order valence-corrected chi connectivity index (χ3v) is 5.63. The van der Waals surface area contributed by atoms with E-state index in [1.54, 1.807) is 0 Å². The zero-order valence-electron chi connectivity index (χ0n) is 13.3. The van der Waals surface area contributed by atoms with Gasteiger partial charge in [0.05, 0.1) is 6.54 Å². The van der Waals surface area contributed by atoms with Crippen molar-refractivity contribution >= 4 is 12.0 Å². The molecule has 2 N–H and O–H groups in total. The van der Waals surface area contributed by atoms with Crippen LogP contribution in [0.3, 0.4) is 0 Å². The summed E-state index contributed by atoms with van der Waals surface area (Å²) >= 11 is 0. The Morgan fingerprint density at radius 1 is 1.18 bits per heavy atom. The quantitative estimate of drug-likeness (QED) is 0.810. The number of likely N-dealkylation sites (N-methyl/N-ethyl adjacent to an activating group) is 1. The second-order valence-corrected chi connectivity index (χ2v) is 6.95. The fourth-order valence-electron chi connectivity index (χ4n) is 4.37. The van der Waals surface area contributed by atoms with E-state index >= 15 is 0 Å². The maximum absolute atomic E-state index is 12.5. The van der Waals surface area contributed by atoms with Gasteiger partial charge >= 0.3 is 12.0 Å². The van der Waals surface area contributed by atoms with E-state index in [1.807, 2.05) is 11.8 Å². The largest absolute Gasteiger partial charge is 0.480 e. The maximum Gasteiger partial charge on any atom is 0.318 e. The Morgan fingerprint density at radius 2 is 1.82 bits per heavy atom. The molecule has 6 heteroatoms. The van der Waals surface area contributed by atoms with Crippen LogP contribution in [-0.4, -0.2) is 64.2 Å². The number of carboxylic acid groups (broad SMARTS) is 1. The number of urea groups is 1. The average Bonchev–Trinajstić information content (AvgIpc) is 2.69. The Morgan fingerprint density at radius 3 is 2.36 bits per heavy atom. The van der Waals surface area contributed by atoms with Gasteiger partial charge in [0.25, 0.3) is 0 Å². The topological polar surface area (TPSA) is 72.9 Å².